The first-order valence-corrected chi connectivity index (χ1v) is 9.99. The van der Waals surface area contributed by atoms with Gasteiger partial charge in [-0.05, 0) is 37.3 Å². The number of nitrogens with one attached hydrogen (secondary N) is 1. The highest BCUT2D eigenvalue weighted by Gasteiger charge is 2.14. The minimum Gasteiger partial charge on any atom is -0.497 e. The van der Waals surface area contributed by atoms with Crippen molar-refractivity contribution in [1.82, 2.24) is 25.1 Å². The Morgan fingerprint density at radius 2 is 2.00 bits per heavy atom. The van der Waals surface area contributed by atoms with Crippen LogP contribution >= 0.6 is 0 Å². The lowest BCUT2D eigenvalue weighted by Gasteiger charge is -2.08. The van der Waals surface area contributed by atoms with E-state index in [0.29, 0.717) is 34.2 Å². The third kappa shape index (κ3) is 4.71. The van der Waals surface area contributed by atoms with Gasteiger partial charge in [-0.2, -0.15) is 4.52 Å². The molecule has 11 heteroatoms. The maximum atomic E-state index is 12.3. The summed E-state index contributed by atoms with van der Waals surface area (Å²) in [5.74, 6) is 1.22. The summed E-state index contributed by atoms with van der Waals surface area (Å²) < 4.78 is 12.5. The topological polar surface area (TPSA) is 134 Å². The van der Waals surface area contributed by atoms with Crippen LogP contribution in [0.2, 0.25) is 0 Å². The average molecular weight is 448 g/mol. The van der Waals surface area contributed by atoms with Gasteiger partial charge in [0.2, 0.25) is 5.88 Å². The number of aromatic nitrogens is 4. The van der Waals surface area contributed by atoms with Crippen molar-refractivity contribution in [3.05, 3.63) is 75.8 Å². The van der Waals surface area contributed by atoms with E-state index in [1.807, 2.05) is 24.3 Å². The van der Waals surface area contributed by atoms with E-state index in [1.54, 1.807) is 30.7 Å². The number of carbonyl (C=O) groups is 1. The Hall–Kier alpha value is -4.54. The Kier molecular flexibility index (Phi) is 6.11. The van der Waals surface area contributed by atoms with Gasteiger partial charge in [-0.15, -0.1) is 15.3 Å². The summed E-state index contributed by atoms with van der Waals surface area (Å²) >= 11 is 0. The lowest BCUT2D eigenvalue weighted by Crippen LogP contribution is -2.28. The average Bonchev–Trinajstić information content (AvgIpc) is 3.24. The quantitative estimate of drug-likeness (QED) is 0.247. The highest BCUT2D eigenvalue weighted by atomic mass is 16.6. The number of ether oxygens (including phenoxy) is 2. The number of aryl methyl sites for hydroxylation is 1. The number of benzene rings is 2. The standard InChI is InChI=1S/C22H20N6O5/c1-14-12-16(6-7-18(14)28(30)31)22(29)23-10-11-33-20-9-8-19-24-25-21(27(19)26-20)15-4-3-5-17(13-15)32-2/h3-9,12-13H,10-11H2,1-2H3,(H,23,29). The molecular formula is C22H20N6O5. The Morgan fingerprint density at radius 1 is 1.15 bits per heavy atom. The summed E-state index contributed by atoms with van der Waals surface area (Å²) in [5.41, 5.74) is 2.07. The zero-order valence-electron chi connectivity index (χ0n) is 17.9. The van der Waals surface area contributed by atoms with Crippen molar-refractivity contribution in [3.8, 4) is 23.0 Å². The van der Waals surface area contributed by atoms with Gasteiger partial charge >= 0.3 is 0 Å². The van der Waals surface area contributed by atoms with Crippen LogP contribution in [0.5, 0.6) is 11.6 Å². The van der Waals surface area contributed by atoms with Crippen LogP contribution in [0, 0.1) is 17.0 Å². The van der Waals surface area contributed by atoms with Gasteiger partial charge in [0.15, 0.2) is 11.5 Å². The van der Waals surface area contributed by atoms with Crippen molar-refractivity contribution < 1.29 is 19.2 Å². The first-order valence-electron chi connectivity index (χ1n) is 9.99. The van der Waals surface area contributed by atoms with Crippen molar-refractivity contribution in [1.29, 1.82) is 0 Å². The number of methoxy groups -OCH3 is 1. The van der Waals surface area contributed by atoms with E-state index in [1.165, 1.54) is 18.2 Å². The normalized spacial score (nSPS) is 10.7. The van der Waals surface area contributed by atoms with Gasteiger partial charge in [0.1, 0.15) is 12.4 Å². The molecule has 4 rings (SSSR count). The number of rotatable bonds is 8. The number of hydrogen-bond donors (Lipinski definition) is 1. The molecule has 0 saturated carbocycles. The number of nitrogens with zero attached hydrogens (tertiary/aromatic N) is 5. The molecule has 1 amide bonds. The summed E-state index contributed by atoms with van der Waals surface area (Å²) in [6.07, 6.45) is 0. The molecule has 0 saturated heterocycles. The molecule has 0 bridgehead atoms. The maximum Gasteiger partial charge on any atom is 0.272 e. The van der Waals surface area contributed by atoms with Crippen molar-refractivity contribution in [3.63, 3.8) is 0 Å². The SMILES string of the molecule is COc1cccc(-c2nnc3ccc(OCCNC(=O)c4ccc([N+](=O)[O-])c(C)c4)nn23)c1. The molecule has 0 radical (unpaired) electrons. The van der Waals surface area contributed by atoms with Crippen LogP contribution in [0.4, 0.5) is 5.69 Å². The fourth-order valence-electron chi connectivity index (χ4n) is 3.21. The lowest BCUT2D eigenvalue weighted by atomic mass is 10.1. The summed E-state index contributed by atoms with van der Waals surface area (Å²) in [5, 5.41) is 26.4. The van der Waals surface area contributed by atoms with E-state index in [4.69, 9.17) is 9.47 Å². The summed E-state index contributed by atoms with van der Waals surface area (Å²) in [6.45, 7) is 1.98. The Labute approximate surface area is 188 Å². The van der Waals surface area contributed by atoms with Crippen LogP contribution in [0.25, 0.3) is 17.0 Å². The van der Waals surface area contributed by atoms with Crippen LogP contribution in [0.15, 0.2) is 54.6 Å². The second-order valence-corrected chi connectivity index (χ2v) is 7.06. The zero-order valence-corrected chi connectivity index (χ0v) is 17.9. The molecule has 11 nitrogen and oxygen atoms in total. The molecule has 0 aliphatic carbocycles. The number of carbonyl (C=O) groups excluding carboxylic acids is 1. The zero-order chi connectivity index (χ0) is 23.4. The first kappa shape index (κ1) is 21.7. The summed E-state index contributed by atoms with van der Waals surface area (Å²) in [4.78, 5) is 22.7. The molecule has 0 unspecified atom stereocenters. The summed E-state index contributed by atoms with van der Waals surface area (Å²) in [7, 11) is 1.59. The molecule has 4 aromatic rings. The Morgan fingerprint density at radius 3 is 2.76 bits per heavy atom. The van der Waals surface area contributed by atoms with E-state index >= 15 is 0 Å². The highest BCUT2D eigenvalue weighted by Crippen LogP contribution is 2.23. The van der Waals surface area contributed by atoms with Gasteiger partial charge in [0.05, 0.1) is 18.6 Å². The predicted octanol–water partition coefficient (Wildman–Crippen LogP) is 2.83. The van der Waals surface area contributed by atoms with Gasteiger partial charge < -0.3 is 14.8 Å². The molecule has 0 spiro atoms. The van der Waals surface area contributed by atoms with Gasteiger partial charge in [-0.25, -0.2) is 0 Å². The van der Waals surface area contributed by atoms with Crippen molar-refractivity contribution in [2.45, 2.75) is 6.92 Å². The van der Waals surface area contributed by atoms with Crippen LogP contribution in [-0.4, -0.2) is 50.9 Å². The second-order valence-electron chi connectivity index (χ2n) is 7.06. The first-order chi connectivity index (χ1) is 16.0. The van der Waals surface area contributed by atoms with E-state index < -0.39 is 4.92 Å². The molecule has 2 aromatic heterocycles. The van der Waals surface area contributed by atoms with E-state index in [0.717, 1.165) is 5.56 Å². The molecule has 0 aliphatic rings. The summed E-state index contributed by atoms with van der Waals surface area (Å²) in [6, 6.07) is 15.0. The lowest BCUT2D eigenvalue weighted by molar-refractivity contribution is -0.385. The second kappa shape index (κ2) is 9.30. The Bertz CT molecular complexity index is 1340. The van der Waals surface area contributed by atoms with Gasteiger partial charge in [-0.3, -0.25) is 14.9 Å². The molecule has 33 heavy (non-hydrogen) atoms. The van der Waals surface area contributed by atoms with Crippen molar-refractivity contribution in [2.75, 3.05) is 20.3 Å². The van der Waals surface area contributed by atoms with Crippen LogP contribution in [0.1, 0.15) is 15.9 Å². The van der Waals surface area contributed by atoms with Crippen LogP contribution < -0.4 is 14.8 Å². The molecule has 0 atom stereocenters. The largest absolute Gasteiger partial charge is 0.497 e. The fraction of sp³-hybridized carbons (Fsp3) is 0.182. The molecule has 1 N–H and O–H groups in total. The van der Waals surface area contributed by atoms with Gasteiger partial charge in [-0.1, -0.05) is 12.1 Å². The van der Waals surface area contributed by atoms with Crippen molar-refractivity contribution >= 4 is 17.2 Å². The minimum absolute atomic E-state index is 0.0290. The number of nitro benzene ring substituents is 1. The molecule has 168 valence electrons. The molecule has 0 fully saturated rings. The monoisotopic (exact) mass is 448 g/mol. The van der Waals surface area contributed by atoms with E-state index in [-0.39, 0.29) is 24.7 Å². The van der Waals surface area contributed by atoms with Crippen LogP contribution in [-0.2, 0) is 0 Å². The smallest absolute Gasteiger partial charge is 0.272 e. The van der Waals surface area contributed by atoms with E-state index in [9.17, 15) is 14.9 Å². The Balaban J connectivity index is 1.39. The molecule has 2 heterocycles. The predicted molar refractivity (Wildman–Crippen MR) is 118 cm³/mol. The third-order valence-corrected chi connectivity index (χ3v) is 4.86. The van der Waals surface area contributed by atoms with Crippen molar-refractivity contribution in [2.24, 2.45) is 0 Å². The fourth-order valence-corrected chi connectivity index (χ4v) is 3.21. The number of amides is 1. The minimum atomic E-state index is -0.482. The third-order valence-electron chi connectivity index (χ3n) is 4.86. The molecular weight excluding hydrogens is 428 g/mol. The molecule has 0 aliphatic heterocycles. The number of fused-ring (bicyclic) bond motifs is 1. The number of hydrogen-bond acceptors (Lipinski definition) is 8. The number of nitro groups is 1. The van der Waals surface area contributed by atoms with E-state index in [2.05, 4.69) is 20.6 Å². The molecule has 2 aromatic carbocycles. The van der Waals surface area contributed by atoms with Gasteiger partial charge in [0.25, 0.3) is 11.6 Å². The van der Waals surface area contributed by atoms with Gasteiger partial charge in [0, 0.05) is 28.8 Å². The van der Waals surface area contributed by atoms with Crippen LogP contribution in [0.3, 0.4) is 0 Å². The highest BCUT2D eigenvalue weighted by molar-refractivity contribution is 5.94. The maximum absolute atomic E-state index is 12.3.